The number of hydrogen-bond donors (Lipinski definition) is 0. The van der Waals surface area contributed by atoms with E-state index in [-0.39, 0.29) is 11.6 Å². The molecule has 4 rings (SSSR count). The van der Waals surface area contributed by atoms with Crippen molar-refractivity contribution in [1.29, 1.82) is 0 Å². The first-order valence-corrected chi connectivity index (χ1v) is 9.71. The number of nitrogens with zero attached hydrogens (tertiary/aromatic N) is 3. The van der Waals surface area contributed by atoms with Crippen molar-refractivity contribution in [1.82, 2.24) is 14.2 Å². The normalized spacial score (nSPS) is 15.6. The van der Waals surface area contributed by atoms with Crippen LogP contribution in [0.15, 0.2) is 29.1 Å². The van der Waals surface area contributed by atoms with Gasteiger partial charge < -0.3 is 0 Å². The lowest BCUT2D eigenvalue weighted by Crippen LogP contribution is -2.26. The minimum Gasteiger partial charge on any atom is -0.286 e. The van der Waals surface area contributed by atoms with Gasteiger partial charge in [-0.3, -0.25) is 9.36 Å². The van der Waals surface area contributed by atoms with Crippen molar-refractivity contribution in [3.63, 3.8) is 0 Å². The Labute approximate surface area is 158 Å². The summed E-state index contributed by atoms with van der Waals surface area (Å²) in [6.45, 7) is 8.36. The monoisotopic (exact) mass is 369 g/mol. The molecule has 0 saturated heterocycles. The van der Waals surface area contributed by atoms with E-state index in [1.54, 1.807) is 0 Å². The Balaban J connectivity index is 2.07. The Bertz CT molecular complexity index is 1060. The van der Waals surface area contributed by atoms with Crippen LogP contribution in [-0.2, 0) is 0 Å². The Kier molecular flexibility index (Phi) is 4.19. The summed E-state index contributed by atoms with van der Waals surface area (Å²) in [5, 5.41) is 5.63. The van der Waals surface area contributed by atoms with Crippen molar-refractivity contribution in [3.8, 4) is 11.4 Å². The molecule has 3 aromatic rings. The van der Waals surface area contributed by atoms with Gasteiger partial charge in [0.15, 0.2) is 5.82 Å². The van der Waals surface area contributed by atoms with Crippen LogP contribution in [0.3, 0.4) is 0 Å². The molecule has 1 fully saturated rings. The second kappa shape index (κ2) is 6.27. The Morgan fingerprint density at radius 1 is 1.27 bits per heavy atom. The van der Waals surface area contributed by atoms with E-state index in [0.717, 1.165) is 53.0 Å². The van der Waals surface area contributed by atoms with E-state index in [0.29, 0.717) is 10.9 Å². The molecule has 1 aromatic carbocycles. The molecule has 0 bridgehead atoms. The quantitative estimate of drug-likeness (QED) is 0.627. The summed E-state index contributed by atoms with van der Waals surface area (Å²) in [5.74, 6) is 1.08. The summed E-state index contributed by atoms with van der Waals surface area (Å²) in [7, 11) is 0. The highest BCUT2D eigenvalue weighted by Crippen LogP contribution is 2.38. The summed E-state index contributed by atoms with van der Waals surface area (Å²) < 4.78 is 3.75. The van der Waals surface area contributed by atoms with Crippen LogP contribution in [0.5, 0.6) is 0 Å². The summed E-state index contributed by atoms with van der Waals surface area (Å²) in [5.41, 5.74) is 4.93. The van der Waals surface area contributed by atoms with Gasteiger partial charge in [0.2, 0.25) is 0 Å². The van der Waals surface area contributed by atoms with Crippen LogP contribution in [-0.4, -0.2) is 14.2 Å². The van der Waals surface area contributed by atoms with Crippen molar-refractivity contribution >= 4 is 17.1 Å². The number of rotatable bonds is 4. The fourth-order valence-electron chi connectivity index (χ4n) is 3.68. The van der Waals surface area contributed by atoms with Crippen molar-refractivity contribution in [2.24, 2.45) is 0 Å². The van der Waals surface area contributed by atoms with Gasteiger partial charge >= 0.3 is 0 Å². The molecular formula is C21H24ClN3O. The third-order valence-corrected chi connectivity index (χ3v) is 5.75. The minimum absolute atomic E-state index is 0.0789. The molecule has 0 amide bonds. The lowest BCUT2D eigenvalue weighted by atomic mass is 10.00. The van der Waals surface area contributed by atoms with E-state index in [9.17, 15) is 4.79 Å². The van der Waals surface area contributed by atoms with Gasteiger partial charge in [-0.15, -0.1) is 5.10 Å². The Morgan fingerprint density at radius 2 is 2.00 bits per heavy atom. The van der Waals surface area contributed by atoms with Crippen molar-refractivity contribution in [3.05, 3.63) is 56.5 Å². The van der Waals surface area contributed by atoms with Crippen LogP contribution >= 0.6 is 11.6 Å². The van der Waals surface area contributed by atoms with Gasteiger partial charge in [-0.2, -0.15) is 0 Å². The maximum absolute atomic E-state index is 13.5. The molecule has 0 spiro atoms. The summed E-state index contributed by atoms with van der Waals surface area (Å²) in [4.78, 5) is 13.5. The predicted octanol–water partition coefficient (Wildman–Crippen LogP) is 5.28. The zero-order valence-electron chi connectivity index (χ0n) is 15.7. The lowest BCUT2D eigenvalue weighted by Gasteiger charge is -2.15. The molecule has 5 heteroatoms. The SMILES string of the molecule is CCC(C)c1cc(C)n2nc(-c3ccc(Cl)cc3C)n(C3CC3)c(=O)c12. The smallest absolute Gasteiger partial charge is 0.278 e. The van der Waals surface area contributed by atoms with Crippen molar-refractivity contribution < 1.29 is 0 Å². The van der Waals surface area contributed by atoms with Gasteiger partial charge in [0.25, 0.3) is 5.56 Å². The maximum atomic E-state index is 13.5. The molecule has 4 nitrogen and oxygen atoms in total. The number of aromatic nitrogens is 3. The first-order valence-electron chi connectivity index (χ1n) is 9.33. The number of halogens is 1. The standard InChI is InChI=1S/C21H24ClN3O/c1-5-12(2)18-11-14(4)25-19(18)21(26)24(16-7-8-16)20(23-25)17-9-6-15(22)10-13(17)3/h6,9-12,16H,5,7-8H2,1-4H3. The third kappa shape index (κ3) is 2.67. The molecule has 0 N–H and O–H groups in total. The van der Waals surface area contributed by atoms with Crippen molar-refractivity contribution in [2.75, 3.05) is 0 Å². The number of aryl methyl sites for hydroxylation is 2. The summed E-state index contributed by atoms with van der Waals surface area (Å²) in [6, 6.07) is 8.14. The van der Waals surface area contributed by atoms with Crippen LogP contribution in [0.2, 0.25) is 5.02 Å². The van der Waals surface area contributed by atoms with E-state index in [2.05, 4.69) is 19.9 Å². The fraction of sp³-hybridized carbons (Fsp3) is 0.429. The molecule has 136 valence electrons. The van der Waals surface area contributed by atoms with Gasteiger partial charge in [0, 0.05) is 22.3 Å². The highest BCUT2D eigenvalue weighted by atomic mass is 35.5. The van der Waals surface area contributed by atoms with Crippen LogP contribution in [0.4, 0.5) is 0 Å². The van der Waals surface area contributed by atoms with Crippen molar-refractivity contribution in [2.45, 2.75) is 58.9 Å². The molecule has 2 heterocycles. The molecular weight excluding hydrogens is 346 g/mol. The second-order valence-corrected chi connectivity index (χ2v) is 7.94. The molecule has 2 aromatic heterocycles. The topological polar surface area (TPSA) is 39.3 Å². The second-order valence-electron chi connectivity index (χ2n) is 7.50. The molecule has 1 aliphatic rings. The van der Waals surface area contributed by atoms with Gasteiger partial charge in [-0.1, -0.05) is 25.4 Å². The first-order chi connectivity index (χ1) is 12.4. The summed E-state index contributed by atoms with van der Waals surface area (Å²) in [6.07, 6.45) is 3.07. The zero-order valence-corrected chi connectivity index (χ0v) is 16.5. The minimum atomic E-state index is 0.0789. The molecule has 0 radical (unpaired) electrons. The van der Waals surface area contributed by atoms with Crippen LogP contribution in [0, 0.1) is 13.8 Å². The van der Waals surface area contributed by atoms with E-state index in [1.807, 2.05) is 41.1 Å². The number of benzene rings is 1. The molecule has 26 heavy (non-hydrogen) atoms. The first kappa shape index (κ1) is 17.3. The van der Waals surface area contributed by atoms with Gasteiger partial charge in [0.1, 0.15) is 5.52 Å². The van der Waals surface area contributed by atoms with E-state index in [1.165, 1.54) is 0 Å². The molecule has 1 unspecified atom stereocenters. The Hall–Kier alpha value is -2.07. The largest absolute Gasteiger partial charge is 0.286 e. The zero-order chi connectivity index (χ0) is 18.6. The highest BCUT2D eigenvalue weighted by molar-refractivity contribution is 6.30. The average molecular weight is 370 g/mol. The van der Waals surface area contributed by atoms with Gasteiger partial charge in [-0.05, 0) is 74.4 Å². The third-order valence-electron chi connectivity index (χ3n) is 5.51. The molecule has 1 saturated carbocycles. The van der Waals surface area contributed by atoms with E-state index >= 15 is 0 Å². The number of fused-ring (bicyclic) bond motifs is 1. The predicted molar refractivity (Wildman–Crippen MR) is 106 cm³/mol. The maximum Gasteiger partial charge on any atom is 0.278 e. The molecule has 1 atom stereocenters. The fourth-order valence-corrected chi connectivity index (χ4v) is 3.90. The number of hydrogen-bond acceptors (Lipinski definition) is 2. The highest BCUT2D eigenvalue weighted by Gasteiger charge is 2.31. The van der Waals surface area contributed by atoms with Gasteiger partial charge in [-0.25, -0.2) is 4.52 Å². The van der Waals surface area contributed by atoms with Crippen LogP contribution in [0.25, 0.3) is 16.9 Å². The molecule has 1 aliphatic carbocycles. The lowest BCUT2D eigenvalue weighted by molar-refractivity contribution is 0.668. The molecule has 0 aliphatic heterocycles. The summed E-state index contributed by atoms with van der Waals surface area (Å²) >= 11 is 6.13. The van der Waals surface area contributed by atoms with Crippen LogP contribution in [0.1, 0.15) is 61.9 Å². The van der Waals surface area contributed by atoms with Gasteiger partial charge in [0.05, 0.1) is 0 Å². The van der Waals surface area contributed by atoms with E-state index in [4.69, 9.17) is 16.7 Å². The van der Waals surface area contributed by atoms with E-state index < -0.39 is 0 Å². The Morgan fingerprint density at radius 3 is 2.62 bits per heavy atom. The average Bonchev–Trinajstić information content (AvgIpc) is 3.38. The van der Waals surface area contributed by atoms with Crippen LogP contribution < -0.4 is 5.56 Å².